The van der Waals surface area contributed by atoms with E-state index in [1.165, 1.54) is 10.2 Å². The number of rotatable bonds is 3. The summed E-state index contributed by atoms with van der Waals surface area (Å²) in [5.41, 5.74) is 3.87. The molecule has 2 aromatic carbocycles. The minimum absolute atomic E-state index is 0.250. The first kappa shape index (κ1) is 18.2. The van der Waals surface area contributed by atoms with Crippen molar-refractivity contribution < 1.29 is 14.3 Å². The van der Waals surface area contributed by atoms with E-state index in [0.717, 1.165) is 11.1 Å². The average Bonchev–Trinajstić information content (AvgIpc) is 2.98. The van der Waals surface area contributed by atoms with Crippen LogP contribution in [-0.4, -0.2) is 21.4 Å². The van der Waals surface area contributed by atoms with Crippen molar-refractivity contribution in [1.29, 1.82) is 0 Å². The number of benzene rings is 2. The van der Waals surface area contributed by atoms with Gasteiger partial charge in [0.25, 0.3) is 6.47 Å². The summed E-state index contributed by atoms with van der Waals surface area (Å²) in [7, 11) is 0. The standard InChI is InChI=1S/C18H18N2O2.CH2O2/c1-12(2)14-8-10-16(11-9-14)20-18(21)22-17(19-20)15-6-4-13(3)5-7-15;2-1-3/h4-12H,1-3H3;1H,(H,2,3). The molecule has 6 heteroatoms. The van der Waals surface area contributed by atoms with Gasteiger partial charge >= 0.3 is 5.76 Å². The van der Waals surface area contributed by atoms with Gasteiger partial charge in [-0.15, -0.1) is 5.10 Å². The Labute approximate surface area is 145 Å². The van der Waals surface area contributed by atoms with E-state index in [1.54, 1.807) is 0 Å². The maximum absolute atomic E-state index is 12.0. The third kappa shape index (κ3) is 4.44. The lowest BCUT2D eigenvalue weighted by Crippen LogP contribution is -2.13. The Kier molecular flexibility index (Phi) is 5.89. The largest absolute Gasteiger partial charge is 0.483 e. The summed E-state index contributed by atoms with van der Waals surface area (Å²) >= 11 is 0. The molecule has 130 valence electrons. The molecule has 0 unspecified atom stereocenters. The highest BCUT2D eigenvalue weighted by Crippen LogP contribution is 2.19. The molecule has 0 bridgehead atoms. The van der Waals surface area contributed by atoms with E-state index < -0.39 is 5.76 Å². The van der Waals surface area contributed by atoms with Crippen molar-refractivity contribution in [2.75, 3.05) is 0 Å². The molecule has 0 atom stereocenters. The molecule has 3 aromatic rings. The highest BCUT2D eigenvalue weighted by atomic mass is 16.4. The molecule has 1 heterocycles. The van der Waals surface area contributed by atoms with Crippen LogP contribution in [0.25, 0.3) is 17.1 Å². The summed E-state index contributed by atoms with van der Waals surface area (Å²) in [6.07, 6.45) is 0. The molecule has 1 aromatic heterocycles. The van der Waals surface area contributed by atoms with Crippen molar-refractivity contribution >= 4 is 6.47 Å². The van der Waals surface area contributed by atoms with Gasteiger partial charge in [0, 0.05) is 5.56 Å². The van der Waals surface area contributed by atoms with Gasteiger partial charge in [-0.1, -0.05) is 43.7 Å². The van der Waals surface area contributed by atoms with Crippen molar-refractivity contribution in [1.82, 2.24) is 9.78 Å². The lowest BCUT2D eigenvalue weighted by molar-refractivity contribution is -0.122. The zero-order chi connectivity index (χ0) is 18.4. The summed E-state index contributed by atoms with van der Waals surface area (Å²) in [5, 5.41) is 11.2. The lowest BCUT2D eigenvalue weighted by atomic mass is 10.0. The van der Waals surface area contributed by atoms with Crippen LogP contribution in [0.1, 0.15) is 30.9 Å². The fraction of sp³-hybridized carbons (Fsp3) is 0.211. The molecule has 0 aliphatic rings. The topological polar surface area (TPSA) is 85.3 Å². The van der Waals surface area contributed by atoms with Crippen molar-refractivity contribution in [3.8, 4) is 17.1 Å². The van der Waals surface area contributed by atoms with Gasteiger partial charge in [-0.25, -0.2) is 4.79 Å². The summed E-state index contributed by atoms with van der Waals surface area (Å²) in [5.74, 6) is 0.303. The fourth-order valence-electron chi connectivity index (χ4n) is 2.25. The van der Waals surface area contributed by atoms with Gasteiger partial charge in [0.05, 0.1) is 5.69 Å². The number of aryl methyl sites for hydroxylation is 1. The van der Waals surface area contributed by atoms with Crippen molar-refractivity contribution in [3.63, 3.8) is 0 Å². The summed E-state index contributed by atoms with van der Waals surface area (Å²) < 4.78 is 6.56. The molecule has 0 fully saturated rings. The summed E-state index contributed by atoms with van der Waals surface area (Å²) in [6.45, 7) is 6.02. The summed E-state index contributed by atoms with van der Waals surface area (Å²) in [6, 6.07) is 15.5. The van der Waals surface area contributed by atoms with E-state index in [2.05, 4.69) is 18.9 Å². The van der Waals surface area contributed by atoms with Gasteiger partial charge in [0.1, 0.15) is 0 Å². The van der Waals surface area contributed by atoms with E-state index >= 15 is 0 Å². The zero-order valence-corrected chi connectivity index (χ0v) is 14.3. The Morgan fingerprint density at radius 2 is 1.64 bits per heavy atom. The third-order valence-electron chi connectivity index (χ3n) is 3.65. The first-order valence-electron chi connectivity index (χ1n) is 7.81. The maximum Gasteiger partial charge on any atom is 0.442 e. The predicted molar refractivity (Wildman–Crippen MR) is 95.1 cm³/mol. The highest BCUT2D eigenvalue weighted by Gasteiger charge is 2.12. The van der Waals surface area contributed by atoms with Crippen LogP contribution in [0.4, 0.5) is 0 Å². The van der Waals surface area contributed by atoms with Crippen molar-refractivity contribution in [2.24, 2.45) is 0 Å². The second-order valence-corrected chi connectivity index (χ2v) is 5.80. The smallest absolute Gasteiger partial charge is 0.442 e. The number of hydrogen-bond donors (Lipinski definition) is 1. The number of nitrogens with zero attached hydrogens (tertiary/aromatic N) is 2. The molecule has 0 amide bonds. The Bertz CT molecular complexity index is 875. The van der Waals surface area contributed by atoms with Gasteiger partial charge in [0.15, 0.2) is 0 Å². The highest BCUT2D eigenvalue weighted by molar-refractivity contribution is 5.53. The maximum atomic E-state index is 12.0. The molecule has 0 saturated heterocycles. The molecule has 0 spiro atoms. The molecule has 0 radical (unpaired) electrons. The zero-order valence-electron chi connectivity index (χ0n) is 14.3. The van der Waals surface area contributed by atoms with Crippen LogP contribution in [0.15, 0.2) is 57.7 Å². The average molecular weight is 340 g/mol. The molecule has 0 aliphatic heterocycles. The molecule has 0 aliphatic carbocycles. The number of aromatic nitrogens is 2. The third-order valence-corrected chi connectivity index (χ3v) is 3.65. The molecule has 1 N–H and O–H groups in total. The molecular formula is C19H20N2O4. The van der Waals surface area contributed by atoms with E-state index in [1.807, 2.05) is 55.5 Å². The minimum atomic E-state index is -0.479. The lowest BCUT2D eigenvalue weighted by Gasteiger charge is -2.05. The van der Waals surface area contributed by atoms with Gasteiger partial charge in [-0.2, -0.15) is 4.68 Å². The van der Waals surface area contributed by atoms with Crippen LogP contribution in [0.2, 0.25) is 0 Å². The second-order valence-electron chi connectivity index (χ2n) is 5.80. The quantitative estimate of drug-likeness (QED) is 0.736. The minimum Gasteiger partial charge on any atom is -0.483 e. The van der Waals surface area contributed by atoms with Crippen LogP contribution in [0, 0.1) is 6.92 Å². The summed E-state index contributed by atoms with van der Waals surface area (Å²) in [4.78, 5) is 20.4. The molecule has 25 heavy (non-hydrogen) atoms. The van der Waals surface area contributed by atoms with Crippen LogP contribution in [0.3, 0.4) is 0 Å². The van der Waals surface area contributed by atoms with E-state index in [-0.39, 0.29) is 6.47 Å². The first-order chi connectivity index (χ1) is 12.0. The van der Waals surface area contributed by atoms with Gasteiger partial charge < -0.3 is 9.52 Å². The Balaban J connectivity index is 0.000000701. The normalized spacial score (nSPS) is 10.2. The second kappa shape index (κ2) is 8.10. The Hall–Kier alpha value is -3.15. The van der Waals surface area contributed by atoms with E-state index in [4.69, 9.17) is 14.3 Å². The van der Waals surface area contributed by atoms with Gasteiger partial charge in [-0.05, 0) is 42.7 Å². The Morgan fingerprint density at radius 3 is 2.16 bits per heavy atom. The number of carboxylic acid groups (broad SMARTS) is 1. The van der Waals surface area contributed by atoms with E-state index in [0.29, 0.717) is 17.5 Å². The molecular weight excluding hydrogens is 320 g/mol. The predicted octanol–water partition coefficient (Wildman–Crippen LogP) is 3.63. The SMILES string of the molecule is Cc1ccc(-c2nn(-c3ccc(C(C)C)cc3)c(=O)o2)cc1.O=CO. The Morgan fingerprint density at radius 1 is 1.08 bits per heavy atom. The molecule has 0 saturated carbocycles. The first-order valence-corrected chi connectivity index (χ1v) is 7.81. The monoisotopic (exact) mass is 340 g/mol. The van der Waals surface area contributed by atoms with Crippen molar-refractivity contribution in [2.45, 2.75) is 26.7 Å². The van der Waals surface area contributed by atoms with Crippen LogP contribution in [0.5, 0.6) is 0 Å². The molecule has 6 nitrogen and oxygen atoms in total. The van der Waals surface area contributed by atoms with Crippen molar-refractivity contribution in [3.05, 3.63) is 70.2 Å². The molecule has 3 rings (SSSR count). The van der Waals surface area contributed by atoms with Gasteiger partial charge in [0.2, 0.25) is 5.89 Å². The van der Waals surface area contributed by atoms with E-state index in [9.17, 15) is 4.79 Å². The fourth-order valence-corrected chi connectivity index (χ4v) is 2.25. The van der Waals surface area contributed by atoms with Crippen LogP contribution < -0.4 is 5.76 Å². The van der Waals surface area contributed by atoms with Crippen LogP contribution in [-0.2, 0) is 4.79 Å². The number of carbonyl (C=O) groups is 1. The number of hydrogen-bond acceptors (Lipinski definition) is 4. The van der Waals surface area contributed by atoms with Crippen LogP contribution >= 0.6 is 0 Å². The van der Waals surface area contributed by atoms with Gasteiger partial charge in [-0.3, -0.25) is 4.79 Å².